The number of sulfonamides is 1. The van der Waals surface area contributed by atoms with Gasteiger partial charge in [-0.1, -0.05) is 0 Å². The van der Waals surface area contributed by atoms with Crippen LogP contribution in [0.25, 0.3) is 0 Å². The van der Waals surface area contributed by atoms with E-state index >= 15 is 0 Å². The number of hydrogen-bond donors (Lipinski definition) is 2. The fraction of sp³-hybridized carbons (Fsp3) is 0.267. The average Bonchev–Trinajstić information content (AvgIpc) is 3.03. The summed E-state index contributed by atoms with van der Waals surface area (Å²) in [5.74, 6) is -3.43. The standard InChI is InChI=1S/C15H15F2N3O5S2/c1-25-14(22)6-9-8-26-15(19-9)20-13(21)4-5-18-27(23,24)10-2-3-11(16)12(17)7-10/h2-3,7-8,18H,4-6H2,1H3,(H,19,20,21). The number of thiazole rings is 1. The molecule has 0 aliphatic rings. The Morgan fingerprint density at radius 2 is 2.00 bits per heavy atom. The molecule has 1 aromatic heterocycles. The maximum absolute atomic E-state index is 13.1. The van der Waals surface area contributed by atoms with E-state index in [4.69, 9.17) is 0 Å². The van der Waals surface area contributed by atoms with Gasteiger partial charge in [-0.2, -0.15) is 0 Å². The van der Waals surface area contributed by atoms with Gasteiger partial charge in [0.2, 0.25) is 15.9 Å². The van der Waals surface area contributed by atoms with Crippen molar-refractivity contribution >= 4 is 38.4 Å². The zero-order chi connectivity index (χ0) is 20.0. The van der Waals surface area contributed by atoms with Crippen LogP contribution in [0.15, 0.2) is 28.5 Å². The maximum atomic E-state index is 13.1. The van der Waals surface area contributed by atoms with Gasteiger partial charge in [0.25, 0.3) is 0 Å². The van der Waals surface area contributed by atoms with Crippen LogP contribution in [0.5, 0.6) is 0 Å². The number of hydrogen-bond acceptors (Lipinski definition) is 7. The predicted octanol–water partition coefficient (Wildman–Crippen LogP) is 1.44. The smallest absolute Gasteiger partial charge is 0.311 e. The molecular formula is C15H15F2N3O5S2. The second kappa shape index (κ2) is 8.97. The first-order chi connectivity index (χ1) is 12.7. The SMILES string of the molecule is COC(=O)Cc1csc(NC(=O)CCNS(=O)(=O)c2ccc(F)c(F)c2)n1. The van der Waals surface area contributed by atoms with Crippen molar-refractivity contribution in [1.82, 2.24) is 9.71 Å². The minimum absolute atomic E-state index is 0.0309. The lowest BCUT2D eigenvalue weighted by Gasteiger charge is -2.07. The number of ether oxygens (including phenoxy) is 1. The lowest BCUT2D eigenvalue weighted by atomic mass is 10.3. The topological polar surface area (TPSA) is 114 Å². The van der Waals surface area contributed by atoms with E-state index < -0.39 is 38.4 Å². The van der Waals surface area contributed by atoms with Gasteiger partial charge in [-0.25, -0.2) is 26.9 Å². The first-order valence-electron chi connectivity index (χ1n) is 7.47. The lowest BCUT2D eigenvalue weighted by molar-refractivity contribution is -0.139. The second-order valence-corrected chi connectivity index (χ2v) is 7.79. The van der Waals surface area contributed by atoms with Crippen molar-refractivity contribution in [2.45, 2.75) is 17.7 Å². The number of carbonyl (C=O) groups is 2. The van der Waals surface area contributed by atoms with E-state index in [2.05, 4.69) is 19.8 Å². The fourth-order valence-electron chi connectivity index (χ4n) is 1.87. The molecule has 2 aromatic rings. The number of amides is 1. The van der Waals surface area contributed by atoms with Crippen LogP contribution in [0.3, 0.4) is 0 Å². The zero-order valence-electron chi connectivity index (χ0n) is 14.0. The summed E-state index contributed by atoms with van der Waals surface area (Å²) in [4.78, 5) is 26.6. The summed E-state index contributed by atoms with van der Waals surface area (Å²) in [5.41, 5.74) is 0.432. The predicted molar refractivity (Wildman–Crippen MR) is 92.6 cm³/mol. The van der Waals surface area contributed by atoms with Crippen LogP contribution in [0.1, 0.15) is 12.1 Å². The molecule has 1 heterocycles. The number of halogens is 2. The molecule has 0 spiro atoms. The Bertz CT molecular complexity index is 947. The molecule has 8 nitrogen and oxygen atoms in total. The van der Waals surface area contributed by atoms with E-state index in [0.717, 1.165) is 17.4 Å². The van der Waals surface area contributed by atoms with Crippen molar-refractivity contribution in [3.05, 3.63) is 40.9 Å². The van der Waals surface area contributed by atoms with E-state index in [9.17, 15) is 26.8 Å². The van der Waals surface area contributed by atoms with Crippen LogP contribution < -0.4 is 10.0 Å². The van der Waals surface area contributed by atoms with Crippen LogP contribution in [0.2, 0.25) is 0 Å². The Balaban J connectivity index is 1.85. The van der Waals surface area contributed by atoms with Crippen molar-refractivity contribution in [2.75, 3.05) is 19.0 Å². The Kier molecular flexibility index (Phi) is 6.93. The largest absolute Gasteiger partial charge is 0.469 e. The number of esters is 1. The van der Waals surface area contributed by atoms with E-state index in [0.29, 0.717) is 17.8 Å². The first-order valence-corrected chi connectivity index (χ1v) is 9.83. The van der Waals surface area contributed by atoms with E-state index in [1.165, 1.54) is 7.11 Å². The molecule has 0 saturated carbocycles. The molecule has 0 aliphatic heterocycles. The van der Waals surface area contributed by atoms with E-state index in [1.807, 2.05) is 0 Å². The molecule has 27 heavy (non-hydrogen) atoms. The number of aromatic nitrogens is 1. The minimum Gasteiger partial charge on any atom is -0.469 e. The van der Waals surface area contributed by atoms with Crippen molar-refractivity contribution in [3.8, 4) is 0 Å². The normalized spacial score (nSPS) is 11.2. The van der Waals surface area contributed by atoms with Crippen molar-refractivity contribution < 1.29 is 31.5 Å². The van der Waals surface area contributed by atoms with Crippen molar-refractivity contribution in [2.24, 2.45) is 0 Å². The molecule has 0 fully saturated rings. The van der Waals surface area contributed by atoms with Crippen LogP contribution in [-0.2, 0) is 30.8 Å². The van der Waals surface area contributed by atoms with Gasteiger partial charge in [-0.3, -0.25) is 9.59 Å². The quantitative estimate of drug-likeness (QED) is 0.626. The number of nitrogens with one attached hydrogen (secondary N) is 2. The van der Waals surface area contributed by atoms with Gasteiger partial charge in [0.15, 0.2) is 16.8 Å². The Labute approximate surface area is 157 Å². The Hall–Kier alpha value is -2.44. The van der Waals surface area contributed by atoms with Gasteiger partial charge in [-0.05, 0) is 18.2 Å². The van der Waals surface area contributed by atoms with E-state index in [-0.39, 0.29) is 24.5 Å². The molecule has 0 saturated heterocycles. The van der Waals surface area contributed by atoms with Gasteiger partial charge in [0, 0.05) is 18.3 Å². The van der Waals surface area contributed by atoms with Crippen LogP contribution >= 0.6 is 11.3 Å². The van der Waals surface area contributed by atoms with Crippen molar-refractivity contribution in [3.63, 3.8) is 0 Å². The molecule has 146 valence electrons. The molecule has 0 radical (unpaired) electrons. The monoisotopic (exact) mass is 419 g/mol. The van der Waals surface area contributed by atoms with Gasteiger partial charge < -0.3 is 10.1 Å². The summed E-state index contributed by atoms with van der Waals surface area (Å²) < 4.78 is 56.6. The number of benzene rings is 1. The molecule has 1 amide bonds. The van der Waals surface area contributed by atoms with Gasteiger partial charge in [0.1, 0.15) is 0 Å². The molecule has 1 aromatic carbocycles. The highest BCUT2D eigenvalue weighted by molar-refractivity contribution is 7.89. The molecule has 0 bridgehead atoms. The molecular weight excluding hydrogens is 404 g/mol. The molecule has 12 heteroatoms. The van der Waals surface area contributed by atoms with Crippen LogP contribution in [0.4, 0.5) is 13.9 Å². The average molecular weight is 419 g/mol. The summed E-state index contributed by atoms with van der Waals surface area (Å²) in [7, 11) is -2.83. The highest BCUT2D eigenvalue weighted by atomic mass is 32.2. The third-order valence-corrected chi connectivity index (χ3v) is 5.46. The van der Waals surface area contributed by atoms with Gasteiger partial charge in [-0.15, -0.1) is 11.3 Å². The fourth-order valence-corrected chi connectivity index (χ4v) is 3.64. The summed E-state index contributed by atoms with van der Waals surface area (Å²) in [6.07, 6.45) is -0.244. The maximum Gasteiger partial charge on any atom is 0.311 e. The highest BCUT2D eigenvalue weighted by Gasteiger charge is 2.17. The van der Waals surface area contributed by atoms with Gasteiger partial charge in [0.05, 0.1) is 24.1 Å². The molecule has 0 unspecified atom stereocenters. The number of nitrogens with zero attached hydrogens (tertiary/aromatic N) is 1. The zero-order valence-corrected chi connectivity index (χ0v) is 15.6. The van der Waals surface area contributed by atoms with Crippen LogP contribution in [0, 0.1) is 11.6 Å². The third kappa shape index (κ3) is 6.05. The molecule has 2 rings (SSSR count). The Morgan fingerprint density at radius 1 is 1.26 bits per heavy atom. The first kappa shape index (κ1) is 20.9. The summed E-state index contributed by atoms with van der Waals surface area (Å²) in [6, 6.07) is 2.17. The van der Waals surface area contributed by atoms with E-state index in [1.54, 1.807) is 5.38 Å². The molecule has 0 aliphatic carbocycles. The number of methoxy groups -OCH3 is 1. The Morgan fingerprint density at radius 3 is 2.67 bits per heavy atom. The molecule has 2 N–H and O–H groups in total. The minimum atomic E-state index is -4.08. The molecule has 0 atom stereocenters. The van der Waals surface area contributed by atoms with Crippen molar-refractivity contribution in [1.29, 1.82) is 0 Å². The highest BCUT2D eigenvalue weighted by Crippen LogP contribution is 2.16. The summed E-state index contributed by atoms with van der Waals surface area (Å²) in [5, 5.41) is 4.30. The van der Waals surface area contributed by atoms with Gasteiger partial charge >= 0.3 is 5.97 Å². The third-order valence-electron chi connectivity index (χ3n) is 3.20. The summed E-state index contributed by atoms with van der Waals surface area (Å²) in [6.45, 7) is -0.256. The summed E-state index contributed by atoms with van der Waals surface area (Å²) >= 11 is 1.10. The number of rotatable bonds is 8. The number of carbonyl (C=O) groups excluding carboxylic acids is 2. The second-order valence-electron chi connectivity index (χ2n) is 5.17. The van der Waals surface area contributed by atoms with Crippen LogP contribution in [-0.4, -0.2) is 38.9 Å². The number of anilines is 1. The lowest BCUT2D eigenvalue weighted by Crippen LogP contribution is -2.28.